The first-order valence-corrected chi connectivity index (χ1v) is 10.9. The first-order valence-electron chi connectivity index (χ1n) is 10.1. The molecule has 4 nitrogen and oxygen atoms in total. The second-order valence-electron chi connectivity index (χ2n) is 7.56. The Kier molecular flexibility index (Phi) is 5.41. The number of ether oxygens (including phenoxy) is 3. The molecule has 0 N–H and O–H groups in total. The highest BCUT2D eigenvalue weighted by Gasteiger charge is 2.29. The van der Waals surface area contributed by atoms with E-state index in [2.05, 4.69) is 0 Å². The molecule has 0 fully saturated rings. The predicted octanol–water partition coefficient (Wildman–Crippen LogP) is 6.90. The van der Waals surface area contributed by atoms with E-state index in [-0.39, 0.29) is 24.3 Å². The van der Waals surface area contributed by atoms with Gasteiger partial charge in [0.15, 0.2) is 5.76 Å². The van der Waals surface area contributed by atoms with Gasteiger partial charge in [0.25, 0.3) is 0 Å². The molecule has 6 heteroatoms. The smallest absolute Gasteiger partial charge is 0.231 e. The molecule has 0 saturated heterocycles. The minimum Gasteiger partial charge on any atom is -0.489 e. The zero-order valence-corrected chi connectivity index (χ0v) is 18.6. The van der Waals surface area contributed by atoms with Crippen LogP contribution in [0.5, 0.6) is 17.2 Å². The molecule has 3 aromatic carbocycles. The lowest BCUT2D eigenvalue weighted by molar-refractivity contribution is 0.101. The molecule has 0 amide bonds. The summed E-state index contributed by atoms with van der Waals surface area (Å²) in [4.78, 5) is 12.9. The van der Waals surface area contributed by atoms with Crippen molar-refractivity contribution < 1.29 is 19.0 Å². The maximum absolute atomic E-state index is 12.9. The van der Waals surface area contributed by atoms with E-state index in [1.54, 1.807) is 36.4 Å². The van der Waals surface area contributed by atoms with Crippen LogP contribution in [0.25, 0.3) is 6.08 Å². The number of benzene rings is 3. The van der Waals surface area contributed by atoms with Crippen molar-refractivity contribution in [1.29, 1.82) is 0 Å². The molecule has 0 bridgehead atoms. The molecule has 2 heterocycles. The summed E-state index contributed by atoms with van der Waals surface area (Å²) >= 11 is 12.1. The number of carbonyl (C=O) groups is 1. The normalized spacial score (nSPS) is 17.8. The average Bonchev–Trinajstić information content (AvgIpc) is 3.08. The molecule has 0 saturated carbocycles. The second kappa shape index (κ2) is 8.38. The Balaban J connectivity index is 1.35. The third-order valence-corrected chi connectivity index (χ3v) is 5.95. The van der Waals surface area contributed by atoms with Crippen LogP contribution in [-0.4, -0.2) is 11.9 Å². The van der Waals surface area contributed by atoms with Gasteiger partial charge in [-0.2, -0.15) is 0 Å². The van der Waals surface area contributed by atoms with Crippen molar-refractivity contribution >= 4 is 35.1 Å². The van der Waals surface area contributed by atoms with Gasteiger partial charge in [-0.05, 0) is 55.0 Å². The number of carbonyl (C=O) groups excluding carboxylic acids is 1. The second-order valence-corrected chi connectivity index (χ2v) is 8.41. The quantitative estimate of drug-likeness (QED) is 0.394. The zero-order valence-electron chi connectivity index (χ0n) is 17.1. The Bertz CT molecular complexity index is 1290. The summed E-state index contributed by atoms with van der Waals surface area (Å²) in [5.41, 5.74) is 3.15. The molecule has 2 aliphatic heterocycles. The van der Waals surface area contributed by atoms with Crippen molar-refractivity contribution in [3.05, 3.63) is 105 Å². The highest BCUT2D eigenvalue weighted by Crippen LogP contribution is 2.37. The van der Waals surface area contributed by atoms with Gasteiger partial charge < -0.3 is 14.2 Å². The summed E-state index contributed by atoms with van der Waals surface area (Å²) in [6, 6.07) is 18.2. The minimum atomic E-state index is -0.194. The number of Topliss-reactive ketones (excluding diaryl/α,β-unsaturated/α-hetero) is 1. The highest BCUT2D eigenvalue weighted by atomic mass is 35.5. The summed E-state index contributed by atoms with van der Waals surface area (Å²) in [6.45, 7) is 2.21. The van der Waals surface area contributed by atoms with Gasteiger partial charge in [0.1, 0.15) is 30.0 Å². The third kappa shape index (κ3) is 3.99. The summed E-state index contributed by atoms with van der Waals surface area (Å²) in [5.74, 6) is 1.96. The molecule has 32 heavy (non-hydrogen) atoms. The fourth-order valence-electron chi connectivity index (χ4n) is 3.63. The Morgan fingerprint density at radius 3 is 2.72 bits per heavy atom. The Morgan fingerprint density at radius 2 is 1.88 bits per heavy atom. The molecule has 160 valence electrons. The molecule has 5 rings (SSSR count). The number of para-hydroxylation sites is 1. The van der Waals surface area contributed by atoms with Gasteiger partial charge in [-0.1, -0.05) is 47.5 Å². The van der Waals surface area contributed by atoms with E-state index >= 15 is 0 Å². The lowest BCUT2D eigenvalue weighted by Gasteiger charge is -2.22. The van der Waals surface area contributed by atoms with E-state index in [0.29, 0.717) is 27.1 Å². The van der Waals surface area contributed by atoms with Crippen molar-refractivity contribution in [1.82, 2.24) is 0 Å². The molecule has 1 atom stereocenters. The molecule has 0 aliphatic carbocycles. The minimum absolute atomic E-state index is 0.167. The van der Waals surface area contributed by atoms with Gasteiger partial charge in [-0.3, -0.25) is 4.79 Å². The van der Waals surface area contributed by atoms with Crippen LogP contribution in [0.4, 0.5) is 0 Å². The van der Waals surface area contributed by atoms with E-state index in [1.807, 2.05) is 43.3 Å². The summed E-state index contributed by atoms with van der Waals surface area (Å²) in [6.07, 6.45) is 3.57. The first-order chi connectivity index (χ1) is 15.5. The SMILES string of the molecule is C[C@@H]1Oc2ccccc2C=C1C=C1Oc2cc(OCc3ccc(Cl)cc3Cl)ccc2C1=O. The van der Waals surface area contributed by atoms with Crippen LogP contribution < -0.4 is 14.2 Å². The van der Waals surface area contributed by atoms with Crippen molar-refractivity contribution in [2.45, 2.75) is 19.6 Å². The molecule has 0 spiro atoms. The van der Waals surface area contributed by atoms with Gasteiger partial charge >= 0.3 is 0 Å². The van der Waals surface area contributed by atoms with Gasteiger partial charge in [0.2, 0.25) is 5.78 Å². The van der Waals surface area contributed by atoms with Crippen molar-refractivity contribution in [3.63, 3.8) is 0 Å². The van der Waals surface area contributed by atoms with E-state index in [1.165, 1.54) is 0 Å². The van der Waals surface area contributed by atoms with E-state index in [0.717, 1.165) is 22.4 Å². The number of hydrogen-bond donors (Lipinski definition) is 0. The number of fused-ring (bicyclic) bond motifs is 2. The van der Waals surface area contributed by atoms with E-state index in [4.69, 9.17) is 37.4 Å². The molecular formula is C26H18Cl2O4. The van der Waals surface area contributed by atoms with Crippen LogP contribution in [0.2, 0.25) is 10.0 Å². The topological polar surface area (TPSA) is 44.8 Å². The summed E-state index contributed by atoms with van der Waals surface area (Å²) in [5, 5.41) is 1.10. The predicted molar refractivity (Wildman–Crippen MR) is 125 cm³/mol. The number of ketones is 1. The van der Waals surface area contributed by atoms with E-state index < -0.39 is 0 Å². The zero-order chi connectivity index (χ0) is 22.2. The van der Waals surface area contributed by atoms with Gasteiger partial charge in [-0.25, -0.2) is 0 Å². The van der Waals surface area contributed by atoms with Crippen molar-refractivity contribution in [2.75, 3.05) is 0 Å². The fourth-order valence-corrected chi connectivity index (χ4v) is 4.09. The van der Waals surface area contributed by atoms with Crippen LogP contribution in [0, 0.1) is 0 Å². The maximum Gasteiger partial charge on any atom is 0.231 e. The van der Waals surface area contributed by atoms with E-state index in [9.17, 15) is 4.79 Å². The summed E-state index contributed by atoms with van der Waals surface area (Å²) < 4.78 is 17.7. The van der Waals surface area contributed by atoms with Crippen LogP contribution in [0.15, 0.2) is 78.1 Å². The summed E-state index contributed by atoms with van der Waals surface area (Å²) in [7, 11) is 0. The highest BCUT2D eigenvalue weighted by molar-refractivity contribution is 6.35. The van der Waals surface area contributed by atoms with Crippen LogP contribution in [0.1, 0.15) is 28.4 Å². The average molecular weight is 465 g/mol. The number of allylic oxidation sites excluding steroid dienone is 1. The standard InChI is InChI=1S/C26H18Cl2O4/c1-15-18(10-16-4-2-3-5-23(16)31-15)11-25-26(29)21-9-8-20(13-24(21)32-25)30-14-17-6-7-19(27)12-22(17)28/h2-13,15H,14H2,1H3/t15-/m0/s1. The fraction of sp³-hybridized carbons (Fsp3) is 0.115. The third-order valence-electron chi connectivity index (χ3n) is 5.36. The van der Waals surface area contributed by atoms with Crippen molar-refractivity contribution in [3.8, 4) is 17.2 Å². The molecule has 0 aromatic heterocycles. The maximum atomic E-state index is 12.9. The van der Waals surface area contributed by atoms with Crippen molar-refractivity contribution in [2.24, 2.45) is 0 Å². The lowest BCUT2D eigenvalue weighted by atomic mass is 10.0. The molecule has 3 aromatic rings. The van der Waals surface area contributed by atoms with Crippen LogP contribution in [-0.2, 0) is 6.61 Å². The number of hydrogen-bond acceptors (Lipinski definition) is 4. The monoisotopic (exact) mass is 464 g/mol. The van der Waals surface area contributed by atoms with Gasteiger partial charge in [-0.15, -0.1) is 0 Å². The Morgan fingerprint density at radius 1 is 1.03 bits per heavy atom. The van der Waals surface area contributed by atoms with Gasteiger partial charge in [0, 0.05) is 27.2 Å². The van der Waals surface area contributed by atoms with Gasteiger partial charge in [0.05, 0.1) is 5.56 Å². The molecule has 0 radical (unpaired) electrons. The number of rotatable bonds is 4. The Labute approximate surface area is 195 Å². The first kappa shape index (κ1) is 20.7. The number of halogens is 2. The lowest BCUT2D eigenvalue weighted by Crippen LogP contribution is -2.18. The molecular weight excluding hydrogens is 447 g/mol. The molecule has 2 aliphatic rings. The largest absolute Gasteiger partial charge is 0.489 e. The van der Waals surface area contributed by atoms with Crippen LogP contribution in [0.3, 0.4) is 0 Å². The Hall–Kier alpha value is -3.21. The molecule has 0 unspecified atom stereocenters. The van der Waals surface area contributed by atoms with Crippen LogP contribution >= 0.6 is 23.2 Å².